The number of rotatable bonds is 2. The smallest absolute Gasteiger partial charge is 0.0921 e. The standard InChI is InChI=1S/C20H25N3/c1-20(2)10-7-17-18(8-11-20)21-22-19(17)14-23-12-9-15-5-3-4-6-16(15)13-23/h4,6-8,10-11H,3,5,9,12-14H2,1-2H3,(H,21,22). The third kappa shape index (κ3) is 2.98. The lowest BCUT2D eigenvalue weighted by atomic mass is 9.91. The summed E-state index contributed by atoms with van der Waals surface area (Å²) in [4.78, 5) is 2.54. The highest BCUT2D eigenvalue weighted by atomic mass is 15.2. The van der Waals surface area contributed by atoms with Crippen LogP contribution in [-0.4, -0.2) is 28.2 Å². The maximum Gasteiger partial charge on any atom is 0.0921 e. The van der Waals surface area contributed by atoms with Gasteiger partial charge in [-0.3, -0.25) is 10.00 Å². The van der Waals surface area contributed by atoms with Gasteiger partial charge >= 0.3 is 0 Å². The monoisotopic (exact) mass is 307 g/mol. The fourth-order valence-electron chi connectivity index (χ4n) is 3.67. The Kier molecular flexibility index (Phi) is 3.61. The fraction of sp³-hybridized carbons (Fsp3) is 0.450. The van der Waals surface area contributed by atoms with Crippen molar-refractivity contribution in [2.24, 2.45) is 5.41 Å². The van der Waals surface area contributed by atoms with Gasteiger partial charge in [-0.1, -0.05) is 49.8 Å². The van der Waals surface area contributed by atoms with Crippen molar-refractivity contribution in [2.75, 3.05) is 13.1 Å². The first-order valence-electron chi connectivity index (χ1n) is 8.66. The lowest BCUT2D eigenvalue weighted by Crippen LogP contribution is -2.31. The Hall–Kier alpha value is -1.87. The first-order chi connectivity index (χ1) is 11.1. The predicted molar refractivity (Wildman–Crippen MR) is 95.7 cm³/mol. The van der Waals surface area contributed by atoms with Crippen molar-refractivity contribution in [1.29, 1.82) is 0 Å². The van der Waals surface area contributed by atoms with Gasteiger partial charge in [0.1, 0.15) is 0 Å². The van der Waals surface area contributed by atoms with E-state index in [1.807, 2.05) is 0 Å². The van der Waals surface area contributed by atoms with Crippen LogP contribution < -0.4 is 0 Å². The van der Waals surface area contributed by atoms with Gasteiger partial charge in [0.05, 0.1) is 11.4 Å². The second-order valence-corrected chi connectivity index (χ2v) is 7.52. The molecule has 2 heterocycles. The zero-order valence-corrected chi connectivity index (χ0v) is 14.1. The number of allylic oxidation sites excluding steroid dienone is 3. The lowest BCUT2D eigenvalue weighted by Gasteiger charge is -2.31. The Balaban J connectivity index is 1.54. The summed E-state index contributed by atoms with van der Waals surface area (Å²) in [6.45, 7) is 7.63. The Labute approximate surface area is 138 Å². The largest absolute Gasteiger partial charge is 0.293 e. The minimum Gasteiger partial charge on any atom is -0.293 e. The van der Waals surface area contributed by atoms with Crippen molar-refractivity contribution in [3.05, 3.63) is 52.4 Å². The molecule has 0 amide bonds. The number of nitrogens with zero attached hydrogens (tertiary/aromatic N) is 2. The van der Waals surface area contributed by atoms with Gasteiger partial charge in [0.15, 0.2) is 0 Å². The summed E-state index contributed by atoms with van der Waals surface area (Å²) < 4.78 is 0. The summed E-state index contributed by atoms with van der Waals surface area (Å²) in [5.74, 6) is 0. The van der Waals surface area contributed by atoms with Crippen LogP contribution in [0.1, 0.15) is 50.1 Å². The Morgan fingerprint density at radius 1 is 1.17 bits per heavy atom. The number of hydrogen-bond acceptors (Lipinski definition) is 2. The maximum absolute atomic E-state index is 4.51. The van der Waals surface area contributed by atoms with E-state index in [9.17, 15) is 0 Å². The Morgan fingerprint density at radius 2 is 2.04 bits per heavy atom. The molecule has 0 fully saturated rings. The minimum atomic E-state index is 0.0999. The highest BCUT2D eigenvalue weighted by Gasteiger charge is 2.22. The summed E-state index contributed by atoms with van der Waals surface area (Å²) in [6, 6.07) is 0. The molecule has 0 saturated heterocycles. The number of H-pyrrole nitrogens is 1. The molecular weight excluding hydrogens is 282 g/mol. The third-order valence-electron chi connectivity index (χ3n) is 5.15. The van der Waals surface area contributed by atoms with Crippen LogP contribution in [-0.2, 0) is 6.54 Å². The van der Waals surface area contributed by atoms with Crippen molar-refractivity contribution in [3.8, 4) is 0 Å². The third-order valence-corrected chi connectivity index (χ3v) is 5.15. The van der Waals surface area contributed by atoms with Gasteiger partial charge in [-0.25, -0.2) is 0 Å². The highest BCUT2D eigenvalue weighted by molar-refractivity contribution is 5.67. The molecule has 4 rings (SSSR count). The van der Waals surface area contributed by atoms with E-state index in [1.54, 1.807) is 11.1 Å². The minimum absolute atomic E-state index is 0.0999. The molecule has 120 valence electrons. The van der Waals surface area contributed by atoms with Crippen LogP contribution >= 0.6 is 0 Å². The molecule has 0 atom stereocenters. The van der Waals surface area contributed by atoms with Gasteiger partial charge in [0.25, 0.3) is 0 Å². The van der Waals surface area contributed by atoms with E-state index >= 15 is 0 Å². The van der Waals surface area contributed by atoms with E-state index in [0.717, 1.165) is 25.3 Å². The molecule has 3 heteroatoms. The molecule has 1 aromatic rings. The van der Waals surface area contributed by atoms with Gasteiger partial charge in [-0.15, -0.1) is 0 Å². The molecule has 2 aliphatic carbocycles. The molecule has 0 aromatic carbocycles. The summed E-state index contributed by atoms with van der Waals surface area (Å²) in [5.41, 5.74) is 6.88. The van der Waals surface area contributed by atoms with Crippen molar-refractivity contribution < 1.29 is 0 Å². The van der Waals surface area contributed by atoms with E-state index in [0.29, 0.717) is 0 Å². The number of fused-ring (bicyclic) bond motifs is 1. The molecule has 3 nitrogen and oxygen atoms in total. The SMILES string of the molecule is CC1(C)C=Cc2n[nH]c(CN3CCC4=C(C=CCC4)C3)c2C=C1. The van der Waals surface area contributed by atoms with Crippen molar-refractivity contribution in [2.45, 2.75) is 39.7 Å². The highest BCUT2D eigenvalue weighted by Crippen LogP contribution is 2.30. The molecule has 0 unspecified atom stereocenters. The first kappa shape index (κ1) is 14.7. The summed E-state index contributed by atoms with van der Waals surface area (Å²) in [7, 11) is 0. The normalized spacial score (nSPS) is 22.9. The van der Waals surface area contributed by atoms with Crippen LogP contribution in [0.3, 0.4) is 0 Å². The molecule has 0 radical (unpaired) electrons. The summed E-state index contributed by atoms with van der Waals surface area (Å²) in [5, 5.41) is 7.78. The Bertz CT molecular complexity index is 728. The Morgan fingerprint density at radius 3 is 2.96 bits per heavy atom. The molecule has 0 saturated carbocycles. The van der Waals surface area contributed by atoms with Crippen LogP contribution in [0.15, 0.2) is 35.5 Å². The maximum atomic E-state index is 4.51. The second kappa shape index (κ2) is 5.64. The van der Waals surface area contributed by atoms with E-state index in [1.165, 1.54) is 30.5 Å². The molecule has 0 bridgehead atoms. The predicted octanol–water partition coefficient (Wildman–Crippen LogP) is 4.33. The molecule has 3 aliphatic rings. The van der Waals surface area contributed by atoms with Crippen LogP contribution in [0.25, 0.3) is 12.2 Å². The van der Waals surface area contributed by atoms with E-state index in [-0.39, 0.29) is 5.41 Å². The average molecular weight is 307 g/mol. The topological polar surface area (TPSA) is 31.9 Å². The van der Waals surface area contributed by atoms with Crippen molar-refractivity contribution >= 4 is 12.2 Å². The zero-order valence-electron chi connectivity index (χ0n) is 14.1. The lowest BCUT2D eigenvalue weighted by molar-refractivity contribution is 0.273. The second-order valence-electron chi connectivity index (χ2n) is 7.52. The zero-order chi connectivity index (χ0) is 15.9. The number of hydrogen-bond donors (Lipinski definition) is 1. The van der Waals surface area contributed by atoms with Crippen LogP contribution in [0, 0.1) is 5.41 Å². The van der Waals surface area contributed by atoms with Crippen molar-refractivity contribution in [3.63, 3.8) is 0 Å². The van der Waals surface area contributed by atoms with Crippen LogP contribution in [0.2, 0.25) is 0 Å². The molecule has 1 aromatic heterocycles. The number of aromatic amines is 1. The number of aromatic nitrogens is 2. The van der Waals surface area contributed by atoms with Crippen molar-refractivity contribution in [1.82, 2.24) is 15.1 Å². The molecule has 0 spiro atoms. The number of nitrogens with one attached hydrogen (secondary N) is 1. The first-order valence-corrected chi connectivity index (χ1v) is 8.66. The van der Waals surface area contributed by atoms with Gasteiger partial charge in [0, 0.05) is 30.6 Å². The summed E-state index contributed by atoms with van der Waals surface area (Å²) >= 11 is 0. The average Bonchev–Trinajstić information content (AvgIpc) is 2.85. The van der Waals surface area contributed by atoms with Gasteiger partial charge in [-0.05, 0) is 30.9 Å². The van der Waals surface area contributed by atoms with Crippen LogP contribution in [0.5, 0.6) is 0 Å². The van der Waals surface area contributed by atoms with E-state index < -0.39 is 0 Å². The fourth-order valence-corrected chi connectivity index (χ4v) is 3.67. The quantitative estimate of drug-likeness (QED) is 0.882. The molecule has 1 aliphatic heterocycles. The molecular formula is C20H25N3. The molecule has 1 N–H and O–H groups in total. The van der Waals surface area contributed by atoms with Crippen LogP contribution in [0.4, 0.5) is 0 Å². The van der Waals surface area contributed by atoms with E-state index in [4.69, 9.17) is 0 Å². The van der Waals surface area contributed by atoms with Gasteiger partial charge in [-0.2, -0.15) is 5.10 Å². The molecule has 23 heavy (non-hydrogen) atoms. The van der Waals surface area contributed by atoms with Gasteiger partial charge < -0.3 is 0 Å². The van der Waals surface area contributed by atoms with E-state index in [2.05, 4.69) is 65.4 Å². The summed E-state index contributed by atoms with van der Waals surface area (Å²) in [6.07, 6.45) is 17.3. The van der Waals surface area contributed by atoms with Gasteiger partial charge in [0.2, 0.25) is 0 Å².